The average molecular weight is 363 g/mol. The van der Waals surface area contributed by atoms with Crippen molar-refractivity contribution >= 4 is 5.96 Å². The van der Waals surface area contributed by atoms with Gasteiger partial charge in [0.25, 0.3) is 0 Å². The second kappa shape index (κ2) is 10.6. The Bertz CT molecular complexity index is 544. The van der Waals surface area contributed by atoms with Gasteiger partial charge in [0.15, 0.2) is 5.96 Å². The molecule has 0 spiro atoms. The molecule has 1 fully saturated rings. The number of hydrogen-bond donors (Lipinski definition) is 1. The van der Waals surface area contributed by atoms with Crippen molar-refractivity contribution in [2.24, 2.45) is 18.0 Å². The number of aliphatic imine (C=N–C) groups is 1. The molecule has 148 valence electrons. The highest BCUT2D eigenvalue weighted by atomic mass is 15.3. The molecule has 26 heavy (non-hydrogen) atoms. The normalized spacial score (nSPS) is 18.1. The van der Waals surface area contributed by atoms with Crippen LogP contribution >= 0.6 is 0 Å². The van der Waals surface area contributed by atoms with Crippen molar-refractivity contribution in [2.75, 3.05) is 59.4 Å². The molecular formula is C20H38N6. The van der Waals surface area contributed by atoms with Gasteiger partial charge < -0.3 is 24.6 Å². The van der Waals surface area contributed by atoms with Gasteiger partial charge in [0, 0.05) is 71.8 Å². The summed E-state index contributed by atoms with van der Waals surface area (Å²) in [7, 11) is 4.21. The van der Waals surface area contributed by atoms with Crippen molar-refractivity contribution in [1.29, 1.82) is 0 Å². The van der Waals surface area contributed by atoms with Crippen LogP contribution in [0.2, 0.25) is 0 Å². The van der Waals surface area contributed by atoms with Crippen LogP contribution in [0, 0.1) is 5.92 Å². The smallest absolute Gasteiger partial charge is 0.194 e. The SMILES string of the molecule is CCNC(=NCC(C)CN1CCN(CC)CC1)N(C)Cc1cccn1C. The predicted molar refractivity (Wildman–Crippen MR) is 111 cm³/mol. The Balaban J connectivity index is 1.84. The Kier molecular flexibility index (Phi) is 8.45. The summed E-state index contributed by atoms with van der Waals surface area (Å²) >= 11 is 0. The summed E-state index contributed by atoms with van der Waals surface area (Å²) in [4.78, 5) is 12.2. The van der Waals surface area contributed by atoms with E-state index >= 15 is 0 Å². The van der Waals surface area contributed by atoms with E-state index in [2.05, 4.69) is 77.8 Å². The number of guanidine groups is 1. The fourth-order valence-electron chi connectivity index (χ4n) is 3.48. The number of rotatable bonds is 8. The number of aryl methyl sites for hydroxylation is 1. The van der Waals surface area contributed by atoms with Gasteiger partial charge in [0.05, 0.1) is 6.54 Å². The molecule has 0 amide bonds. The van der Waals surface area contributed by atoms with Crippen molar-refractivity contribution in [3.63, 3.8) is 0 Å². The Morgan fingerprint density at radius 1 is 1.23 bits per heavy atom. The second-order valence-electron chi connectivity index (χ2n) is 7.50. The molecule has 6 heteroatoms. The van der Waals surface area contributed by atoms with Crippen molar-refractivity contribution < 1.29 is 0 Å². The van der Waals surface area contributed by atoms with Gasteiger partial charge in [-0.1, -0.05) is 13.8 Å². The average Bonchev–Trinajstić information content (AvgIpc) is 3.04. The van der Waals surface area contributed by atoms with E-state index in [1.807, 2.05) is 0 Å². The van der Waals surface area contributed by atoms with E-state index in [-0.39, 0.29) is 0 Å². The van der Waals surface area contributed by atoms with Gasteiger partial charge in [0.2, 0.25) is 0 Å². The number of nitrogens with zero attached hydrogens (tertiary/aromatic N) is 5. The number of likely N-dealkylation sites (N-methyl/N-ethyl adjacent to an activating group) is 1. The summed E-state index contributed by atoms with van der Waals surface area (Å²) in [6.07, 6.45) is 2.09. The molecule has 1 aliphatic rings. The van der Waals surface area contributed by atoms with E-state index in [9.17, 15) is 0 Å². The van der Waals surface area contributed by atoms with E-state index in [1.165, 1.54) is 38.4 Å². The zero-order chi connectivity index (χ0) is 18.9. The van der Waals surface area contributed by atoms with Crippen LogP contribution in [0.25, 0.3) is 0 Å². The highest BCUT2D eigenvalue weighted by molar-refractivity contribution is 5.79. The molecule has 1 N–H and O–H groups in total. The Morgan fingerprint density at radius 2 is 1.92 bits per heavy atom. The predicted octanol–water partition coefficient (Wildman–Crippen LogP) is 1.70. The van der Waals surface area contributed by atoms with E-state index in [1.54, 1.807) is 0 Å². The third-order valence-corrected chi connectivity index (χ3v) is 5.18. The lowest BCUT2D eigenvalue weighted by Gasteiger charge is -2.35. The molecule has 2 heterocycles. The topological polar surface area (TPSA) is 39.0 Å². The summed E-state index contributed by atoms with van der Waals surface area (Å²) < 4.78 is 2.17. The van der Waals surface area contributed by atoms with Gasteiger partial charge in [-0.05, 0) is 31.5 Å². The minimum absolute atomic E-state index is 0.570. The fourth-order valence-corrected chi connectivity index (χ4v) is 3.48. The van der Waals surface area contributed by atoms with E-state index < -0.39 is 0 Å². The molecule has 0 radical (unpaired) electrons. The first-order valence-corrected chi connectivity index (χ1v) is 10.1. The first-order chi connectivity index (χ1) is 12.5. The van der Waals surface area contributed by atoms with Crippen molar-refractivity contribution in [3.8, 4) is 0 Å². The monoisotopic (exact) mass is 362 g/mol. The molecule has 1 saturated heterocycles. The summed E-state index contributed by atoms with van der Waals surface area (Å²) in [5.74, 6) is 1.57. The lowest BCUT2D eigenvalue weighted by Crippen LogP contribution is -2.47. The highest BCUT2D eigenvalue weighted by Gasteiger charge is 2.17. The minimum Gasteiger partial charge on any atom is -0.357 e. The zero-order valence-electron chi connectivity index (χ0n) is 17.4. The molecule has 1 aromatic heterocycles. The van der Waals surface area contributed by atoms with Crippen LogP contribution in [0.1, 0.15) is 26.5 Å². The van der Waals surface area contributed by atoms with Crippen LogP contribution in [-0.4, -0.2) is 84.6 Å². The molecule has 1 aromatic rings. The lowest BCUT2D eigenvalue weighted by atomic mass is 10.1. The summed E-state index contributed by atoms with van der Waals surface area (Å²) in [5, 5.41) is 3.43. The van der Waals surface area contributed by atoms with Gasteiger partial charge in [-0.25, -0.2) is 0 Å². The molecule has 1 aliphatic heterocycles. The summed E-state index contributed by atoms with van der Waals surface area (Å²) in [5.41, 5.74) is 1.29. The van der Waals surface area contributed by atoms with E-state index in [4.69, 9.17) is 4.99 Å². The number of aromatic nitrogens is 1. The van der Waals surface area contributed by atoms with Crippen LogP contribution in [-0.2, 0) is 13.6 Å². The van der Waals surface area contributed by atoms with Crippen LogP contribution < -0.4 is 5.32 Å². The largest absolute Gasteiger partial charge is 0.357 e. The standard InChI is InChI=1S/C20H38N6/c1-6-21-20(24(5)17-19-9-8-10-23(19)4)22-15-18(3)16-26-13-11-25(7-2)12-14-26/h8-10,18H,6-7,11-17H2,1-5H3,(H,21,22). The third kappa shape index (κ3) is 6.32. The molecule has 0 aromatic carbocycles. The molecule has 6 nitrogen and oxygen atoms in total. The maximum Gasteiger partial charge on any atom is 0.194 e. The van der Waals surface area contributed by atoms with Gasteiger partial charge in [0.1, 0.15) is 0 Å². The third-order valence-electron chi connectivity index (χ3n) is 5.18. The maximum atomic E-state index is 4.91. The molecule has 2 rings (SSSR count). The van der Waals surface area contributed by atoms with Crippen molar-refractivity contribution in [1.82, 2.24) is 24.6 Å². The lowest BCUT2D eigenvalue weighted by molar-refractivity contribution is 0.125. The molecule has 0 saturated carbocycles. The van der Waals surface area contributed by atoms with Crippen molar-refractivity contribution in [3.05, 3.63) is 24.0 Å². The van der Waals surface area contributed by atoms with Crippen molar-refractivity contribution in [2.45, 2.75) is 27.3 Å². The summed E-state index contributed by atoms with van der Waals surface area (Å²) in [6.45, 7) is 16.4. The van der Waals surface area contributed by atoms with E-state index in [0.717, 1.165) is 32.1 Å². The number of piperazine rings is 1. The number of nitrogens with one attached hydrogen (secondary N) is 1. The maximum absolute atomic E-state index is 4.91. The molecular weight excluding hydrogens is 324 g/mol. The minimum atomic E-state index is 0.570. The molecule has 0 bridgehead atoms. The van der Waals surface area contributed by atoms with Gasteiger partial charge in [-0.15, -0.1) is 0 Å². The first-order valence-electron chi connectivity index (χ1n) is 10.1. The molecule has 1 unspecified atom stereocenters. The quantitative estimate of drug-likeness (QED) is 0.564. The van der Waals surface area contributed by atoms with Gasteiger partial charge in [-0.3, -0.25) is 4.99 Å². The Morgan fingerprint density at radius 3 is 2.50 bits per heavy atom. The van der Waals surface area contributed by atoms with Crippen LogP contribution in [0.5, 0.6) is 0 Å². The molecule has 0 aliphatic carbocycles. The van der Waals surface area contributed by atoms with Crippen LogP contribution in [0.3, 0.4) is 0 Å². The number of hydrogen-bond acceptors (Lipinski definition) is 3. The van der Waals surface area contributed by atoms with Gasteiger partial charge >= 0.3 is 0 Å². The van der Waals surface area contributed by atoms with E-state index in [0.29, 0.717) is 5.92 Å². The zero-order valence-corrected chi connectivity index (χ0v) is 17.4. The van der Waals surface area contributed by atoms with Gasteiger partial charge in [-0.2, -0.15) is 0 Å². The fraction of sp³-hybridized carbons (Fsp3) is 0.750. The summed E-state index contributed by atoms with van der Waals surface area (Å²) in [6, 6.07) is 4.26. The van der Waals surface area contributed by atoms with Crippen LogP contribution in [0.15, 0.2) is 23.3 Å². The first kappa shape index (κ1) is 20.8. The van der Waals surface area contributed by atoms with Crippen LogP contribution in [0.4, 0.5) is 0 Å². The highest BCUT2D eigenvalue weighted by Crippen LogP contribution is 2.07. The Hall–Kier alpha value is -1.53. The molecule has 1 atom stereocenters. The Labute approximate surface area is 159 Å². The second-order valence-corrected chi connectivity index (χ2v) is 7.50.